The summed E-state index contributed by atoms with van der Waals surface area (Å²) in [5.74, 6) is -0.882. The van der Waals surface area contributed by atoms with Crippen molar-refractivity contribution in [3.05, 3.63) is 48.6 Å². The molecule has 0 aliphatic heterocycles. The van der Waals surface area contributed by atoms with Crippen molar-refractivity contribution in [2.24, 2.45) is 0 Å². The van der Waals surface area contributed by atoms with E-state index in [1.807, 2.05) is 0 Å². The molecule has 0 aliphatic rings. The Hall–Kier alpha value is -2.63. The molecule has 0 spiro atoms. The van der Waals surface area contributed by atoms with Crippen LogP contribution in [0.3, 0.4) is 0 Å². The van der Waals surface area contributed by atoms with Crippen molar-refractivity contribution in [1.29, 1.82) is 0 Å². The molecule has 6 heteroatoms. The Labute approximate surface area is 511 Å². The number of unbranched alkanes of at least 4 members (excludes halogenated alkanes) is 49. The van der Waals surface area contributed by atoms with Crippen LogP contribution in [0.2, 0.25) is 0 Å². The summed E-state index contributed by atoms with van der Waals surface area (Å²) in [6, 6.07) is 0. The summed E-state index contributed by atoms with van der Waals surface area (Å²) in [5.41, 5.74) is 0. The fourth-order valence-electron chi connectivity index (χ4n) is 11.1. The molecule has 1 unspecified atom stereocenters. The summed E-state index contributed by atoms with van der Waals surface area (Å²) >= 11 is 0. The van der Waals surface area contributed by atoms with E-state index in [0.29, 0.717) is 19.3 Å². The average Bonchev–Trinajstić information content (AvgIpc) is 3.47. The Balaban J connectivity index is 4.06. The molecule has 480 valence electrons. The second-order valence-electron chi connectivity index (χ2n) is 24.8. The molecule has 82 heavy (non-hydrogen) atoms. The van der Waals surface area contributed by atoms with Gasteiger partial charge in [0.05, 0.1) is 0 Å². The lowest BCUT2D eigenvalue weighted by Crippen LogP contribution is -2.30. The molecule has 0 radical (unpaired) electrons. The summed E-state index contributed by atoms with van der Waals surface area (Å²) < 4.78 is 16.9. The minimum absolute atomic E-state index is 0.0771. The summed E-state index contributed by atoms with van der Waals surface area (Å²) in [7, 11) is 0. The van der Waals surface area contributed by atoms with E-state index in [4.69, 9.17) is 14.2 Å². The van der Waals surface area contributed by atoms with Gasteiger partial charge in [-0.3, -0.25) is 14.4 Å². The van der Waals surface area contributed by atoms with Gasteiger partial charge in [-0.2, -0.15) is 0 Å². The summed E-state index contributed by atoms with van der Waals surface area (Å²) in [4.78, 5) is 38.3. The summed E-state index contributed by atoms with van der Waals surface area (Å²) in [6.07, 6.45) is 90.4. The maximum Gasteiger partial charge on any atom is 0.306 e. The van der Waals surface area contributed by atoms with Crippen molar-refractivity contribution in [3.63, 3.8) is 0 Å². The van der Waals surface area contributed by atoms with E-state index in [-0.39, 0.29) is 31.1 Å². The van der Waals surface area contributed by atoms with Gasteiger partial charge < -0.3 is 14.2 Å². The quantitative estimate of drug-likeness (QED) is 0.0261. The highest BCUT2D eigenvalue weighted by Crippen LogP contribution is 2.19. The molecule has 0 rings (SSSR count). The van der Waals surface area contributed by atoms with Crippen LogP contribution in [0.5, 0.6) is 0 Å². The van der Waals surface area contributed by atoms with Gasteiger partial charge in [-0.1, -0.05) is 352 Å². The van der Waals surface area contributed by atoms with Gasteiger partial charge in [-0.05, 0) is 77.0 Å². The van der Waals surface area contributed by atoms with Crippen molar-refractivity contribution in [3.8, 4) is 0 Å². The first-order chi connectivity index (χ1) is 40.5. The molecule has 0 fully saturated rings. The standard InChI is InChI=1S/C76H140O6/c1-4-7-10-13-16-19-22-25-27-29-30-31-32-33-34-35-36-37-38-39-40-41-42-43-44-45-46-47-49-51-54-57-60-63-66-69-75(78)81-72-73(71-80-74(77)68-65-62-59-56-53-50-24-21-18-15-12-9-6-3)82-76(79)70-67-64-61-58-55-52-48-28-26-23-20-17-14-11-8-5-2/h9,12,18,21,29-30,50,53,73H,4-8,10-11,13-17,19-20,22-28,31-49,51-52,54-72H2,1-3H3/b12-9-,21-18-,30-29-,53-50-. The predicted molar refractivity (Wildman–Crippen MR) is 358 cm³/mol. The number of hydrogen-bond donors (Lipinski definition) is 0. The first kappa shape index (κ1) is 79.4. The van der Waals surface area contributed by atoms with Gasteiger partial charge in [0.1, 0.15) is 13.2 Å². The molecule has 0 heterocycles. The van der Waals surface area contributed by atoms with Crippen LogP contribution in [-0.2, 0) is 28.6 Å². The van der Waals surface area contributed by atoms with E-state index in [9.17, 15) is 14.4 Å². The molecule has 0 N–H and O–H groups in total. The van der Waals surface area contributed by atoms with Crippen LogP contribution >= 0.6 is 0 Å². The first-order valence-corrected chi connectivity index (χ1v) is 36.6. The number of carbonyl (C=O) groups excluding carboxylic acids is 3. The molecule has 0 aromatic heterocycles. The molecule has 0 aliphatic carbocycles. The zero-order valence-corrected chi connectivity index (χ0v) is 55.3. The molecule has 0 amide bonds. The van der Waals surface area contributed by atoms with Crippen LogP contribution in [0.1, 0.15) is 400 Å². The fourth-order valence-corrected chi connectivity index (χ4v) is 11.1. The SMILES string of the molecule is CC/C=C\C/C=C\C/C=C\CCCCCC(=O)OCC(COC(=O)CCCCCCCCCCCCCCCCCCCCCCCCC/C=C\CCCCCCCCCC)OC(=O)CCCCCCCCCCCCCCCCCC. The molecule has 6 nitrogen and oxygen atoms in total. The second-order valence-corrected chi connectivity index (χ2v) is 24.8. The average molecular weight is 1150 g/mol. The van der Waals surface area contributed by atoms with Crippen molar-refractivity contribution >= 4 is 17.9 Å². The smallest absolute Gasteiger partial charge is 0.306 e. The largest absolute Gasteiger partial charge is 0.462 e. The zero-order valence-electron chi connectivity index (χ0n) is 55.3. The van der Waals surface area contributed by atoms with Gasteiger partial charge in [0.25, 0.3) is 0 Å². The van der Waals surface area contributed by atoms with Gasteiger partial charge in [0.15, 0.2) is 6.10 Å². The van der Waals surface area contributed by atoms with Crippen LogP contribution in [0.4, 0.5) is 0 Å². The van der Waals surface area contributed by atoms with Crippen LogP contribution < -0.4 is 0 Å². The number of esters is 3. The monoisotopic (exact) mass is 1150 g/mol. The van der Waals surface area contributed by atoms with Crippen LogP contribution in [0.15, 0.2) is 48.6 Å². The van der Waals surface area contributed by atoms with Crippen LogP contribution in [-0.4, -0.2) is 37.2 Å². The third kappa shape index (κ3) is 68.2. The van der Waals surface area contributed by atoms with E-state index in [1.54, 1.807) is 0 Å². The Morgan fingerprint density at radius 2 is 0.476 bits per heavy atom. The Bertz CT molecular complexity index is 1410. The number of hydrogen-bond acceptors (Lipinski definition) is 6. The van der Waals surface area contributed by atoms with Gasteiger partial charge in [0, 0.05) is 19.3 Å². The molecule has 0 bridgehead atoms. The lowest BCUT2D eigenvalue weighted by Gasteiger charge is -2.18. The number of carbonyl (C=O) groups is 3. The van der Waals surface area contributed by atoms with Crippen LogP contribution in [0, 0.1) is 0 Å². The van der Waals surface area contributed by atoms with Crippen molar-refractivity contribution in [2.45, 2.75) is 406 Å². The topological polar surface area (TPSA) is 78.9 Å². The van der Waals surface area contributed by atoms with E-state index in [1.165, 1.54) is 276 Å². The van der Waals surface area contributed by atoms with Gasteiger partial charge in [0.2, 0.25) is 0 Å². The third-order valence-corrected chi connectivity index (χ3v) is 16.6. The van der Waals surface area contributed by atoms with Crippen molar-refractivity contribution in [2.75, 3.05) is 13.2 Å². The van der Waals surface area contributed by atoms with Gasteiger partial charge in [-0.15, -0.1) is 0 Å². The first-order valence-electron chi connectivity index (χ1n) is 36.6. The molecule has 0 aromatic rings. The lowest BCUT2D eigenvalue weighted by molar-refractivity contribution is -0.167. The van der Waals surface area contributed by atoms with Crippen molar-refractivity contribution in [1.82, 2.24) is 0 Å². The highest BCUT2D eigenvalue weighted by molar-refractivity contribution is 5.71. The van der Waals surface area contributed by atoms with E-state index >= 15 is 0 Å². The molecular formula is C76H140O6. The summed E-state index contributed by atoms with van der Waals surface area (Å²) in [5, 5.41) is 0. The van der Waals surface area contributed by atoms with Gasteiger partial charge >= 0.3 is 17.9 Å². The van der Waals surface area contributed by atoms with Crippen LogP contribution in [0.25, 0.3) is 0 Å². The van der Waals surface area contributed by atoms with E-state index in [2.05, 4.69) is 69.4 Å². The normalized spacial score (nSPS) is 12.3. The minimum atomic E-state index is -0.782. The third-order valence-electron chi connectivity index (χ3n) is 16.6. The lowest BCUT2D eigenvalue weighted by atomic mass is 10.0. The Morgan fingerprint density at radius 1 is 0.256 bits per heavy atom. The molecule has 0 saturated heterocycles. The number of rotatable bonds is 68. The predicted octanol–water partition coefficient (Wildman–Crippen LogP) is 25.3. The number of allylic oxidation sites excluding steroid dienone is 8. The summed E-state index contributed by atoms with van der Waals surface area (Å²) in [6.45, 7) is 6.57. The second kappa shape index (κ2) is 70.9. The maximum absolute atomic E-state index is 12.9. The Kier molecular flexibility index (Phi) is 68.6. The molecule has 0 saturated carbocycles. The zero-order chi connectivity index (χ0) is 59.2. The minimum Gasteiger partial charge on any atom is -0.462 e. The highest BCUT2D eigenvalue weighted by atomic mass is 16.6. The fraction of sp³-hybridized carbons (Fsp3) is 0.855. The highest BCUT2D eigenvalue weighted by Gasteiger charge is 2.19. The molecule has 1 atom stereocenters. The Morgan fingerprint density at radius 3 is 0.768 bits per heavy atom. The molecular weight excluding hydrogens is 1010 g/mol. The van der Waals surface area contributed by atoms with Crippen molar-refractivity contribution < 1.29 is 28.6 Å². The van der Waals surface area contributed by atoms with Gasteiger partial charge in [-0.25, -0.2) is 0 Å². The maximum atomic E-state index is 12.9. The van der Waals surface area contributed by atoms with E-state index in [0.717, 1.165) is 83.5 Å². The molecule has 0 aromatic carbocycles. The number of ether oxygens (including phenoxy) is 3. The van der Waals surface area contributed by atoms with E-state index < -0.39 is 6.10 Å².